The van der Waals surface area contributed by atoms with Crippen LogP contribution in [0, 0.1) is 0 Å². The van der Waals surface area contributed by atoms with E-state index in [9.17, 15) is 14.7 Å². The number of nitrogens with zero attached hydrogens (tertiary/aromatic N) is 1. The minimum absolute atomic E-state index is 0.00727. The third-order valence-corrected chi connectivity index (χ3v) is 4.89. The summed E-state index contributed by atoms with van der Waals surface area (Å²) in [5.41, 5.74) is 3.60. The Balaban J connectivity index is 0.000000199. The Labute approximate surface area is 180 Å². The molecule has 2 N–H and O–H groups in total. The van der Waals surface area contributed by atoms with Crippen LogP contribution >= 0.6 is 11.6 Å². The predicted octanol–water partition coefficient (Wildman–Crippen LogP) is 5.28. The molecule has 30 heavy (non-hydrogen) atoms. The SMILES string of the molecule is CC(=O)Nc1ccc(Cl)cc1.O=C(c1ccc(O)cc1)N1CCCc2ccccc21. The molecule has 0 saturated carbocycles. The molecule has 3 aromatic carbocycles. The van der Waals surface area contributed by atoms with Crippen molar-refractivity contribution in [2.24, 2.45) is 0 Å². The van der Waals surface area contributed by atoms with Gasteiger partial charge in [0.1, 0.15) is 5.75 Å². The van der Waals surface area contributed by atoms with Crippen LogP contribution in [0.3, 0.4) is 0 Å². The summed E-state index contributed by atoms with van der Waals surface area (Å²) >= 11 is 5.64. The van der Waals surface area contributed by atoms with Crippen molar-refractivity contribution in [3.63, 3.8) is 0 Å². The Kier molecular flexibility index (Phi) is 7.09. The summed E-state index contributed by atoms with van der Waals surface area (Å²) in [6.45, 7) is 2.21. The molecule has 6 heteroatoms. The van der Waals surface area contributed by atoms with E-state index in [4.69, 9.17) is 11.6 Å². The van der Waals surface area contributed by atoms with Gasteiger partial charge in [0.25, 0.3) is 5.91 Å². The summed E-state index contributed by atoms with van der Waals surface area (Å²) in [6.07, 6.45) is 2.01. The molecule has 0 spiro atoms. The monoisotopic (exact) mass is 422 g/mol. The van der Waals surface area contributed by atoms with Crippen LogP contribution in [0.4, 0.5) is 11.4 Å². The third-order valence-electron chi connectivity index (χ3n) is 4.63. The molecule has 0 aromatic heterocycles. The second kappa shape index (κ2) is 9.94. The maximum atomic E-state index is 12.5. The Bertz CT molecular complexity index is 1020. The van der Waals surface area contributed by atoms with Crippen molar-refractivity contribution >= 4 is 34.8 Å². The number of phenolic OH excluding ortho intramolecular Hbond substituents is 1. The number of nitrogens with one attached hydrogen (secondary N) is 1. The largest absolute Gasteiger partial charge is 0.508 e. The van der Waals surface area contributed by atoms with Gasteiger partial charge in [0.05, 0.1) is 0 Å². The van der Waals surface area contributed by atoms with Gasteiger partial charge in [0.15, 0.2) is 0 Å². The zero-order chi connectivity index (χ0) is 21.5. The molecule has 1 aliphatic rings. The number of hydrogen-bond acceptors (Lipinski definition) is 3. The smallest absolute Gasteiger partial charge is 0.258 e. The van der Waals surface area contributed by atoms with Crippen LogP contribution in [0.5, 0.6) is 5.75 Å². The van der Waals surface area contributed by atoms with Crippen molar-refractivity contribution in [2.45, 2.75) is 19.8 Å². The van der Waals surface area contributed by atoms with Gasteiger partial charge in [-0.1, -0.05) is 29.8 Å². The van der Waals surface area contributed by atoms with E-state index in [1.807, 2.05) is 23.1 Å². The van der Waals surface area contributed by atoms with E-state index < -0.39 is 0 Å². The number of phenols is 1. The fourth-order valence-corrected chi connectivity index (χ4v) is 3.37. The minimum atomic E-state index is -0.0766. The highest BCUT2D eigenvalue weighted by molar-refractivity contribution is 6.30. The van der Waals surface area contributed by atoms with Gasteiger partial charge in [0, 0.05) is 35.4 Å². The molecule has 4 rings (SSSR count). The normalized spacial score (nSPS) is 12.3. The molecule has 0 bridgehead atoms. The van der Waals surface area contributed by atoms with Gasteiger partial charge in [-0.2, -0.15) is 0 Å². The lowest BCUT2D eigenvalue weighted by atomic mass is 10.0. The van der Waals surface area contributed by atoms with Crippen LogP contribution < -0.4 is 10.2 Å². The lowest BCUT2D eigenvalue weighted by Crippen LogP contribution is -2.35. The summed E-state index contributed by atoms with van der Waals surface area (Å²) in [7, 11) is 0. The summed E-state index contributed by atoms with van der Waals surface area (Å²) < 4.78 is 0. The molecule has 154 valence electrons. The highest BCUT2D eigenvalue weighted by Gasteiger charge is 2.22. The van der Waals surface area contributed by atoms with E-state index in [0.717, 1.165) is 30.8 Å². The maximum Gasteiger partial charge on any atom is 0.258 e. The summed E-state index contributed by atoms with van der Waals surface area (Å²) in [4.78, 5) is 24.9. The molecule has 1 aliphatic heterocycles. The second-order valence-electron chi connectivity index (χ2n) is 6.92. The minimum Gasteiger partial charge on any atom is -0.508 e. The fraction of sp³-hybridized carbons (Fsp3) is 0.167. The average molecular weight is 423 g/mol. The molecule has 0 atom stereocenters. The number of aromatic hydroxyl groups is 1. The van der Waals surface area contributed by atoms with Crippen LogP contribution in [0.1, 0.15) is 29.3 Å². The van der Waals surface area contributed by atoms with E-state index >= 15 is 0 Å². The molecule has 5 nitrogen and oxygen atoms in total. The molecule has 0 unspecified atom stereocenters. The van der Waals surface area contributed by atoms with Gasteiger partial charge in [-0.3, -0.25) is 9.59 Å². The zero-order valence-electron chi connectivity index (χ0n) is 16.6. The summed E-state index contributed by atoms with van der Waals surface area (Å²) in [5, 5.41) is 12.6. The summed E-state index contributed by atoms with van der Waals surface area (Å²) in [6, 6.07) is 21.4. The predicted molar refractivity (Wildman–Crippen MR) is 120 cm³/mol. The molecule has 0 saturated heterocycles. The highest BCUT2D eigenvalue weighted by Crippen LogP contribution is 2.28. The van der Waals surface area contributed by atoms with Crippen molar-refractivity contribution in [3.05, 3.63) is 88.9 Å². The first-order valence-corrected chi connectivity index (χ1v) is 10.0. The van der Waals surface area contributed by atoms with Gasteiger partial charge in [-0.25, -0.2) is 0 Å². The zero-order valence-corrected chi connectivity index (χ0v) is 17.4. The van der Waals surface area contributed by atoms with Gasteiger partial charge >= 0.3 is 0 Å². The number of rotatable bonds is 2. The maximum absolute atomic E-state index is 12.5. The Hall–Kier alpha value is -3.31. The van der Waals surface area contributed by atoms with Crippen LogP contribution in [-0.4, -0.2) is 23.5 Å². The lowest BCUT2D eigenvalue weighted by Gasteiger charge is -2.29. The van der Waals surface area contributed by atoms with Crippen molar-refractivity contribution in [3.8, 4) is 5.75 Å². The van der Waals surface area contributed by atoms with Gasteiger partial charge in [0.2, 0.25) is 5.91 Å². The van der Waals surface area contributed by atoms with Crippen molar-refractivity contribution < 1.29 is 14.7 Å². The molecule has 3 aromatic rings. The van der Waals surface area contributed by atoms with Crippen LogP contribution in [0.2, 0.25) is 5.02 Å². The van der Waals surface area contributed by atoms with Crippen molar-refractivity contribution in [1.29, 1.82) is 0 Å². The van der Waals surface area contributed by atoms with E-state index in [1.165, 1.54) is 12.5 Å². The quantitative estimate of drug-likeness (QED) is 0.590. The molecular weight excluding hydrogens is 400 g/mol. The summed E-state index contributed by atoms with van der Waals surface area (Å²) in [5.74, 6) is 0.0927. The number of fused-ring (bicyclic) bond motifs is 1. The molecule has 1 heterocycles. The van der Waals surface area contributed by atoms with E-state index in [0.29, 0.717) is 10.6 Å². The van der Waals surface area contributed by atoms with Gasteiger partial charge < -0.3 is 15.3 Å². The number of para-hydroxylation sites is 1. The number of anilines is 2. The Morgan fingerprint density at radius 3 is 2.30 bits per heavy atom. The molecule has 2 amide bonds. The number of halogens is 1. The number of benzene rings is 3. The molecule has 0 radical (unpaired) electrons. The Morgan fingerprint density at radius 1 is 0.967 bits per heavy atom. The lowest BCUT2D eigenvalue weighted by molar-refractivity contribution is -0.114. The van der Waals surface area contributed by atoms with Crippen LogP contribution in [-0.2, 0) is 11.2 Å². The van der Waals surface area contributed by atoms with Gasteiger partial charge in [-0.15, -0.1) is 0 Å². The van der Waals surface area contributed by atoms with E-state index in [1.54, 1.807) is 48.5 Å². The number of carbonyl (C=O) groups excluding carboxylic acids is 2. The average Bonchev–Trinajstić information content (AvgIpc) is 2.75. The van der Waals surface area contributed by atoms with Gasteiger partial charge in [-0.05, 0) is 73.0 Å². The molecule has 0 aliphatic carbocycles. The first-order valence-electron chi connectivity index (χ1n) is 9.66. The first-order chi connectivity index (χ1) is 14.4. The first kappa shape index (κ1) is 21.4. The number of carbonyl (C=O) groups is 2. The molecular formula is C24H23ClN2O3. The molecule has 0 fully saturated rings. The Morgan fingerprint density at radius 2 is 1.63 bits per heavy atom. The van der Waals surface area contributed by atoms with Crippen molar-refractivity contribution in [2.75, 3.05) is 16.8 Å². The number of hydrogen-bond donors (Lipinski definition) is 2. The third kappa shape index (κ3) is 5.61. The van der Waals surface area contributed by atoms with E-state index in [-0.39, 0.29) is 17.6 Å². The highest BCUT2D eigenvalue weighted by atomic mass is 35.5. The van der Waals surface area contributed by atoms with Crippen LogP contribution in [0.25, 0.3) is 0 Å². The second-order valence-corrected chi connectivity index (χ2v) is 7.36. The van der Waals surface area contributed by atoms with E-state index in [2.05, 4.69) is 11.4 Å². The topological polar surface area (TPSA) is 69.6 Å². The van der Waals surface area contributed by atoms with Crippen LogP contribution in [0.15, 0.2) is 72.8 Å². The number of amides is 2. The fourth-order valence-electron chi connectivity index (χ4n) is 3.24. The standard InChI is InChI=1S/C16H15NO2.C8H8ClNO/c18-14-9-7-13(8-10-14)16(19)17-11-3-5-12-4-1-2-6-15(12)17;1-6(11)10-8-4-2-7(9)3-5-8/h1-2,4,6-10,18H,3,5,11H2;2-5H,1H3,(H,10,11). The van der Waals surface area contributed by atoms with Crippen molar-refractivity contribution in [1.82, 2.24) is 0 Å². The number of aryl methyl sites for hydroxylation is 1.